The van der Waals surface area contributed by atoms with Gasteiger partial charge < -0.3 is 10.6 Å². The Bertz CT molecular complexity index is 905. The molecule has 25 heavy (non-hydrogen) atoms. The maximum Gasteiger partial charge on any atom is 0.251 e. The maximum absolute atomic E-state index is 12.6. The fraction of sp³-hybridized carbons (Fsp3) is 0.158. The van der Waals surface area contributed by atoms with Gasteiger partial charge in [0, 0.05) is 12.6 Å². The zero-order valence-electron chi connectivity index (χ0n) is 14.2. The van der Waals surface area contributed by atoms with Crippen molar-refractivity contribution in [1.82, 2.24) is 5.32 Å². The number of nitrogens with zero attached hydrogens (tertiary/aromatic N) is 1. The topological polar surface area (TPSA) is 61.4 Å². The minimum Gasteiger partial charge on any atom is -0.355 e. The lowest BCUT2D eigenvalue weighted by atomic mass is 9.90. The van der Waals surface area contributed by atoms with Crippen LogP contribution in [0.2, 0.25) is 0 Å². The number of hydrogen-bond acceptors (Lipinski definition) is 3. The van der Waals surface area contributed by atoms with E-state index in [4.69, 9.17) is 0 Å². The third kappa shape index (κ3) is 2.50. The van der Waals surface area contributed by atoms with Crippen LogP contribution >= 0.6 is 0 Å². The first-order chi connectivity index (χ1) is 12.1. The molecule has 6 heteroatoms. The van der Waals surface area contributed by atoms with Crippen LogP contribution in [0.15, 0.2) is 59.8 Å². The Morgan fingerprint density at radius 3 is 2.60 bits per heavy atom. The van der Waals surface area contributed by atoms with Gasteiger partial charge in [-0.05, 0) is 17.7 Å². The number of carbonyl (C=O) groups is 2. The van der Waals surface area contributed by atoms with Gasteiger partial charge >= 0.3 is 0 Å². The molecule has 0 bridgehead atoms. The van der Waals surface area contributed by atoms with E-state index in [-0.39, 0.29) is 11.8 Å². The van der Waals surface area contributed by atoms with E-state index in [1.807, 2.05) is 56.4 Å². The summed E-state index contributed by atoms with van der Waals surface area (Å²) in [7, 11) is 2.02. The summed E-state index contributed by atoms with van der Waals surface area (Å²) in [5.74, 6) is -0.236. The van der Waals surface area contributed by atoms with Gasteiger partial charge in [-0.2, -0.15) is 0 Å². The van der Waals surface area contributed by atoms with Gasteiger partial charge in [0.05, 0.1) is 29.5 Å². The summed E-state index contributed by atoms with van der Waals surface area (Å²) in [4.78, 5) is 26.9. The van der Waals surface area contributed by atoms with E-state index in [0.29, 0.717) is 12.1 Å². The van der Waals surface area contributed by atoms with Crippen molar-refractivity contribution in [2.24, 2.45) is 0 Å². The largest absolute Gasteiger partial charge is 0.355 e. The Morgan fingerprint density at radius 1 is 1.16 bits per heavy atom. The molecule has 0 aromatic heterocycles. The van der Waals surface area contributed by atoms with Gasteiger partial charge in [-0.1, -0.05) is 41.9 Å². The van der Waals surface area contributed by atoms with Crippen LogP contribution in [-0.2, 0) is 9.59 Å². The summed E-state index contributed by atoms with van der Waals surface area (Å²) in [5, 5.41) is 6.23. The first kappa shape index (κ1) is 15.5. The predicted molar refractivity (Wildman–Crippen MR) is 101 cm³/mol. The van der Waals surface area contributed by atoms with Crippen molar-refractivity contribution in [2.75, 3.05) is 16.8 Å². The van der Waals surface area contributed by atoms with Gasteiger partial charge in [-0.25, -0.2) is 0 Å². The molecular formula is C19H18BN3O2. The summed E-state index contributed by atoms with van der Waals surface area (Å²) < 4.78 is 0. The number of rotatable bonds is 1. The molecule has 0 radical (unpaired) electrons. The molecule has 124 valence electrons. The van der Waals surface area contributed by atoms with Crippen molar-refractivity contribution in [2.45, 2.75) is 13.0 Å². The summed E-state index contributed by atoms with van der Waals surface area (Å²) in [6.07, 6.45) is 0. The second-order valence-electron chi connectivity index (χ2n) is 6.42. The summed E-state index contributed by atoms with van der Waals surface area (Å²) in [5.41, 5.74) is 5.10. The first-order valence-corrected chi connectivity index (χ1v) is 8.30. The van der Waals surface area contributed by atoms with Crippen LogP contribution in [0.3, 0.4) is 0 Å². The summed E-state index contributed by atoms with van der Waals surface area (Å²) in [6.45, 7) is 1.98. The van der Waals surface area contributed by atoms with Crippen molar-refractivity contribution < 1.29 is 9.59 Å². The molecule has 0 aliphatic carbocycles. The molecule has 1 unspecified atom stereocenters. The zero-order chi connectivity index (χ0) is 17.6. The summed E-state index contributed by atoms with van der Waals surface area (Å²) in [6, 6.07) is 15.2. The number of amides is 2. The molecule has 2 aliphatic heterocycles. The maximum atomic E-state index is 12.6. The van der Waals surface area contributed by atoms with Crippen molar-refractivity contribution in [3.63, 3.8) is 0 Å². The number of carbonyl (C=O) groups excluding carboxylic acids is 2. The number of benzene rings is 2. The van der Waals surface area contributed by atoms with Crippen LogP contribution in [-0.4, -0.2) is 26.2 Å². The number of hydrogen-bond donors (Lipinski definition) is 2. The lowest BCUT2D eigenvalue weighted by molar-refractivity contribution is -0.117. The molecule has 2 heterocycles. The van der Waals surface area contributed by atoms with Crippen LogP contribution in [0.4, 0.5) is 11.4 Å². The SMILES string of the molecule is Bc1ccc(C2C3=C(CNC3=O)Nc3ccccc3N2C(C)=O)cc1. The lowest BCUT2D eigenvalue weighted by Crippen LogP contribution is -2.36. The number of nitrogens with one attached hydrogen (secondary N) is 2. The van der Waals surface area contributed by atoms with Crippen molar-refractivity contribution in [3.8, 4) is 0 Å². The highest BCUT2D eigenvalue weighted by Crippen LogP contribution is 2.42. The fourth-order valence-corrected chi connectivity index (χ4v) is 3.53. The minimum absolute atomic E-state index is 0.103. The van der Waals surface area contributed by atoms with Crippen molar-refractivity contribution in [1.29, 1.82) is 0 Å². The van der Waals surface area contributed by atoms with E-state index in [9.17, 15) is 9.59 Å². The first-order valence-electron chi connectivity index (χ1n) is 8.30. The third-order valence-electron chi connectivity index (χ3n) is 4.71. The molecule has 2 aromatic rings. The Balaban J connectivity index is 1.98. The Labute approximate surface area is 147 Å². The second kappa shape index (κ2) is 5.81. The van der Waals surface area contributed by atoms with Gasteiger partial charge in [0.2, 0.25) is 5.91 Å². The van der Waals surface area contributed by atoms with E-state index in [1.54, 1.807) is 4.90 Å². The highest BCUT2D eigenvalue weighted by molar-refractivity contribution is 6.32. The normalized spacial score (nSPS) is 18.8. The van der Waals surface area contributed by atoms with Gasteiger partial charge in [0.15, 0.2) is 0 Å². The van der Waals surface area contributed by atoms with Gasteiger partial charge in [0.25, 0.3) is 5.91 Å². The standard InChI is InChI=1S/C19H18BN3O2/c1-11(24)23-16-5-3-2-4-14(16)22-15-10-21-19(25)17(15)18(23)12-6-8-13(20)9-7-12/h2-9,18,22H,10,20H2,1H3,(H,21,25). The Morgan fingerprint density at radius 2 is 1.88 bits per heavy atom. The Hall–Kier alpha value is -3.02. The van der Waals surface area contributed by atoms with Gasteiger partial charge in [-0.15, -0.1) is 0 Å². The molecule has 1 atom stereocenters. The highest BCUT2D eigenvalue weighted by Gasteiger charge is 2.39. The van der Waals surface area contributed by atoms with E-state index < -0.39 is 6.04 Å². The predicted octanol–water partition coefficient (Wildman–Crippen LogP) is 0.849. The van der Waals surface area contributed by atoms with Gasteiger partial charge in [-0.3, -0.25) is 14.5 Å². The second-order valence-corrected chi connectivity index (χ2v) is 6.42. The molecule has 2 N–H and O–H groups in total. The molecule has 0 fully saturated rings. The van der Waals surface area contributed by atoms with Crippen LogP contribution < -0.4 is 21.0 Å². The quantitative estimate of drug-likeness (QED) is 0.762. The zero-order valence-corrected chi connectivity index (χ0v) is 14.2. The summed E-state index contributed by atoms with van der Waals surface area (Å²) >= 11 is 0. The Kier molecular flexibility index (Phi) is 3.60. The number of anilines is 2. The molecule has 0 spiro atoms. The van der Waals surface area contributed by atoms with E-state index in [1.165, 1.54) is 6.92 Å². The number of para-hydroxylation sites is 2. The third-order valence-corrected chi connectivity index (χ3v) is 4.71. The highest BCUT2D eigenvalue weighted by atomic mass is 16.2. The molecule has 2 amide bonds. The molecule has 2 aromatic carbocycles. The number of fused-ring (bicyclic) bond motifs is 1. The molecule has 5 nitrogen and oxygen atoms in total. The smallest absolute Gasteiger partial charge is 0.251 e. The minimum atomic E-state index is -0.452. The van der Waals surface area contributed by atoms with E-state index in [2.05, 4.69) is 10.6 Å². The van der Waals surface area contributed by atoms with Crippen LogP contribution in [0.5, 0.6) is 0 Å². The average Bonchev–Trinajstić information content (AvgIpc) is 2.87. The van der Waals surface area contributed by atoms with Crippen LogP contribution in [0, 0.1) is 0 Å². The van der Waals surface area contributed by atoms with Crippen molar-refractivity contribution >= 4 is 36.5 Å². The molecule has 4 rings (SSSR count). The fourth-order valence-electron chi connectivity index (χ4n) is 3.53. The monoisotopic (exact) mass is 331 g/mol. The molecule has 0 saturated heterocycles. The van der Waals surface area contributed by atoms with Gasteiger partial charge in [0.1, 0.15) is 7.85 Å². The lowest BCUT2D eigenvalue weighted by Gasteiger charge is -2.31. The average molecular weight is 331 g/mol. The van der Waals surface area contributed by atoms with Crippen LogP contribution in [0.1, 0.15) is 18.5 Å². The molecular weight excluding hydrogens is 313 g/mol. The van der Waals surface area contributed by atoms with E-state index in [0.717, 1.165) is 28.1 Å². The van der Waals surface area contributed by atoms with Crippen LogP contribution in [0.25, 0.3) is 0 Å². The molecule has 2 aliphatic rings. The molecule has 0 saturated carbocycles. The van der Waals surface area contributed by atoms with E-state index >= 15 is 0 Å². The van der Waals surface area contributed by atoms with Crippen molar-refractivity contribution in [3.05, 3.63) is 65.4 Å².